The van der Waals surface area contributed by atoms with Crippen LogP contribution in [0, 0.1) is 0 Å². The average Bonchev–Trinajstić information content (AvgIpc) is 2.51. The first kappa shape index (κ1) is 17.8. The first-order valence-electron chi connectivity index (χ1n) is 7.13. The predicted molar refractivity (Wildman–Crippen MR) is 83.9 cm³/mol. The highest BCUT2D eigenvalue weighted by molar-refractivity contribution is 5.79. The van der Waals surface area contributed by atoms with Crippen molar-refractivity contribution in [2.45, 2.75) is 32.2 Å². The number of carbonyl (C=O) groups excluding carboxylic acids is 2. The molecule has 1 aromatic carbocycles. The number of hydrogen-bond donors (Lipinski definition) is 1. The van der Waals surface area contributed by atoms with E-state index in [1.807, 2.05) is 13.0 Å². The average molecular weight is 308 g/mol. The quantitative estimate of drug-likeness (QED) is 0.786. The lowest BCUT2D eigenvalue weighted by molar-refractivity contribution is -0.131. The van der Waals surface area contributed by atoms with E-state index in [2.05, 4.69) is 0 Å². The molecule has 0 radical (unpaired) electrons. The molecule has 0 spiro atoms. The molecule has 1 atom stereocenters. The van der Waals surface area contributed by atoms with Gasteiger partial charge in [0.25, 0.3) is 0 Å². The molecule has 0 heterocycles. The van der Waals surface area contributed by atoms with Crippen LogP contribution in [0.1, 0.15) is 25.3 Å². The molecule has 0 bridgehead atoms. The van der Waals surface area contributed by atoms with E-state index < -0.39 is 0 Å². The second-order valence-corrected chi connectivity index (χ2v) is 5.22. The molecule has 6 heteroatoms. The molecule has 1 unspecified atom stereocenters. The Balaban J connectivity index is 2.69. The number of rotatable bonds is 8. The molecule has 0 aliphatic heterocycles. The Kier molecular flexibility index (Phi) is 6.69. The summed E-state index contributed by atoms with van der Waals surface area (Å²) in [6.07, 6.45) is 1.09. The Labute approximate surface area is 131 Å². The Hall–Kier alpha value is -2.24. The van der Waals surface area contributed by atoms with Crippen molar-refractivity contribution in [2.75, 3.05) is 21.3 Å². The van der Waals surface area contributed by atoms with E-state index >= 15 is 0 Å². The third-order valence-corrected chi connectivity index (χ3v) is 3.67. The maximum absolute atomic E-state index is 12.3. The summed E-state index contributed by atoms with van der Waals surface area (Å²) in [5, 5.41) is 0. The van der Waals surface area contributed by atoms with Crippen molar-refractivity contribution in [3.63, 3.8) is 0 Å². The van der Waals surface area contributed by atoms with Crippen LogP contribution in [-0.4, -0.2) is 44.0 Å². The first-order valence-corrected chi connectivity index (χ1v) is 7.13. The Bertz CT molecular complexity index is 531. The van der Waals surface area contributed by atoms with Gasteiger partial charge >= 0.3 is 0 Å². The standard InChI is InChI=1S/C16H24N2O4/c1-11(5-8-15(17)19)18(2)16(20)10-12-6-7-13(21-3)14(9-12)22-4/h6-7,9,11H,5,8,10H2,1-4H3,(H2,17,19). The van der Waals surface area contributed by atoms with Gasteiger partial charge < -0.3 is 20.1 Å². The van der Waals surface area contributed by atoms with E-state index in [4.69, 9.17) is 15.2 Å². The van der Waals surface area contributed by atoms with Crippen LogP contribution in [0.4, 0.5) is 0 Å². The number of carbonyl (C=O) groups is 2. The summed E-state index contributed by atoms with van der Waals surface area (Å²) in [6, 6.07) is 5.36. The number of benzene rings is 1. The number of nitrogens with zero attached hydrogens (tertiary/aromatic N) is 1. The van der Waals surface area contributed by atoms with Gasteiger partial charge in [0.05, 0.1) is 20.6 Å². The Morgan fingerprint density at radius 1 is 1.23 bits per heavy atom. The number of nitrogens with two attached hydrogens (primary N) is 1. The van der Waals surface area contributed by atoms with Gasteiger partial charge in [0.15, 0.2) is 11.5 Å². The summed E-state index contributed by atoms with van der Waals surface area (Å²) >= 11 is 0. The summed E-state index contributed by atoms with van der Waals surface area (Å²) in [7, 11) is 4.85. The third-order valence-electron chi connectivity index (χ3n) is 3.67. The monoisotopic (exact) mass is 308 g/mol. The second-order valence-electron chi connectivity index (χ2n) is 5.22. The molecular formula is C16H24N2O4. The van der Waals surface area contributed by atoms with Gasteiger partial charge in [-0.2, -0.15) is 0 Å². The van der Waals surface area contributed by atoms with Crippen LogP contribution >= 0.6 is 0 Å². The molecule has 22 heavy (non-hydrogen) atoms. The van der Waals surface area contributed by atoms with Gasteiger partial charge in [-0.3, -0.25) is 9.59 Å². The zero-order valence-electron chi connectivity index (χ0n) is 13.6. The highest BCUT2D eigenvalue weighted by Crippen LogP contribution is 2.27. The molecule has 0 fully saturated rings. The Morgan fingerprint density at radius 3 is 2.41 bits per heavy atom. The van der Waals surface area contributed by atoms with Crippen molar-refractivity contribution in [2.24, 2.45) is 5.73 Å². The number of primary amides is 1. The lowest BCUT2D eigenvalue weighted by Gasteiger charge is -2.25. The first-order chi connectivity index (χ1) is 10.4. The Morgan fingerprint density at radius 2 is 1.86 bits per heavy atom. The van der Waals surface area contributed by atoms with Crippen molar-refractivity contribution in [1.29, 1.82) is 0 Å². The molecule has 1 rings (SSSR count). The van der Waals surface area contributed by atoms with Gasteiger partial charge in [0.2, 0.25) is 11.8 Å². The van der Waals surface area contributed by atoms with Crippen LogP contribution in [0.25, 0.3) is 0 Å². The molecule has 0 saturated heterocycles. The van der Waals surface area contributed by atoms with E-state index in [0.29, 0.717) is 17.9 Å². The molecule has 0 aliphatic carbocycles. The SMILES string of the molecule is COc1ccc(CC(=O)N(C)C(C)CCC(N)=O)cc1OC. The largest absolute Gasteiger partial charge is 0.493 e. The summed E-state index contributed by atoms with van der Waals surface area (Å²) in [6.45, 7) is 1.90. The van der Waals surface area contributed by atoms with Crippen LogP contribution in [0.15, 0.2) is 18.2 Å². The molecule has 0 saturated carbocycles. The van der Waals surface area contributed by atoms with Crippen LogP contribution in [-0.2, 0) is 16.0 Å². The smallest absolute Gasteiger partial charge is 0.226 e. The minimum Gasteiger partial charge on any atom is -0.493 e. The van der Waals surface area contributed by atoms with E-state index in [-0.39, 0.29) is 30.7 Å². The van der Waals surface area contributed by atoms with Crippen LogP contribution in [0.2, 0.25) is 0 Å². The molecule has 122 valence electrons. The highest BCUT2D eigenvalue weighted by atomic mass is 16.5. The fourth-order valence-corrected chi connectivity index (χ4v) is 2.08. The number of methoxy groups -OCH3 is 2. The summed E-state index contributed by atoms with van der Waals surface area (Å²) < 4.78 is 10.4. The maximum Gasteiger partial charge on any atom is 0.226 e. The van der Waals surface area contributed by atoms with Gasteiger partial charge in [-0.05, 0) is 31.0 Å². The van der Waals surface area contributed by atoms with Gasteiger partial charge in [0, 0.05) is 19.5 Å². The van der Waals surface area contributed by atoms with E-state index in [1.54, 1.807) is 38.3 Å². The van der Waals surface area contributed by atoms with Crippen LogP contribution < -0.4 is 15.2 Å². The minimum absolute atomic E-state index is 0.0239. The third kappa shape index (κ3) is 4.95. The van der Waals surface area contributed by atoms with E-state index in [9.17, 15) is 9.59 Å². The van der Waals surface area contributed by atoms with Gasteiger partial charge in [-0.1, -0.05) is 6.07 Å². The van der Waals surface area contributed by atoms with Crippen LogP contribution in [0.5, 0.6) is 11.5 Å². The second kappa shape index (κ2) is 8.26. The number of amides is 2. The summed E-state index contributed by atoms with van der Waals surface area (Å²) in [4.78, 5) is 24.7. The number of ether oxygens (including phenoxy) is 2. The molecule has 6 nitrogen and oxygen atoms in total. The van der Waals surface area contributed by atoms with Crippen molar-refractivity contribution < 1.29 is 19.1 Å². The molecular weight excluding hydrogens is 284 g/mol. The lowest BCUT2D eigenvalue weighted by Crippen LogP contribution is -2.36. The van der Waals surface area contributed by atoms with Gasteiger partial charge in [-0.15, -0.1) is 0 Å². The minimum atomic E-state index is -0.354. The zero-order valence-corrected chi connectivity index (χ0v) is 13.6. The normalized spacial score (nSPS) is 11.6. The summed E-state index contributed by atoms with van der Waals surface area (Å²) in [5.41, 5.74) is 5.98. The fraction of sp³-hybridized carbons (Fsp3) is 0.500. The molecule has 2 N–H and O–H groups in total. The van der Waals surface area contributed by atoms with Gasteiger partial charge in [0.1, 0.15) is 0 Å². The molecule has 1 aromatic rings. The summed E-state index contributed by atoms with van der Waals surface area (Å²) in [5.74, 6) is 0.843. The van der Waals surface area contributed by atoms with E-state index in [0.717, 1.165) is 5.56 Å². The van der Waals surface area contributed by atoms with Crippen molar-refractivity contribution in [1.82, 2.24) is 4.90 Å². The zero-order chi connectivity index (χ0) is 16.7. The highest BCUT2D eigenvalue weighted by Gasteiger charge is 2.17. The maximum atomic E-state index is 12.3. The van der Waals surface area contributed by atoms with Crippen molar-refractivity contribution in [3.8, 4) is 11.5 Å². The predicted octanol–water partition coefficient (Wildman–Crippen LogP) is 1.36. The van der Waals surface area contributed by atoms with Crippen LogP contribution in [0.3, 0.4) is 0 Å². The fourth-order valence-electron chi connectivity index (χ4n) is 2.08. The molecule has 2 amide bonds. The van der Waals surface area contributed by atoms with Gasteiger partial charge in [-0.25, -0.2) is 0 Å². The van der Waals surface area contributed by atoms with Crippen molar-refractivity contribution >= 4 is 11.8 Å². The van der Waals surface area contributed by atoms with Crippen molar-refractivity contribution in [3.05, 3.63) is 23.8 Å². The lowest BCUT2D eigenvalue weighted by atomic mass is 10.1. The topological polar surface area (TPSA) is 81.9 Å². The molecule has 0 aromatic heterocycles. The number of likely N-dealkylation sites (N-methyl/N-ethyl adjacent to an activating group) is 1. The molecule has 0 aliphatic rings. The van der Waals surface area contributed by atoms with E-state index in [1.165, 1.54) is 0 Å². The number of hydrogen-bond acceptors (Lipinski definition) is 4.